The summed E-state index contributed by atoms with van der Waals surface area (Å²) in [4.78, 5) is 0. The van der Waals surface area contributed by atoms with E-state index in [0.717, 1.165) is 32.7 Å². The van der Waals surface area contributed by atoms with E-state index < -0.39 is 0 Å². The third kappa shape index (κ3) is 2.94. The summed E-state index contributed by atoms with van der Waals surface area (Å²) < 4.78 is 7.48. The lowest BCUT2D eigenvalue weighted by molar-refractivity contribution is 0.194. The van der Waals surface area contributed by atoms with Gasteiger partial charge in [-0.15, -0.1) is 0 Å². The van der Waals surface area contributed by atoms with E-state index in [1.54, 1.807) is 7.11 Å². The third-order valence-electron chi connectivity index (χ3n) is 3.89. The van der Waals surface area contributed by atoms with Crippen molar-refractivity contribution >= 4 is 21.8 Å². The van der Waals surface area contributed by atoms with E-state index in [4.69, 9.17) is 4.74 Å². The van der Waals surface area contributed by atoms with Crippen LogP contribution in [0.2, 0.25) is 0 Å². The minimum atomic E-state index is 0.822. The van der Waals surface area contributed by atoms with Gasteiger partial charge in [-0.1, -0.05) is 36.4 Å². The molecule has 0 aliphatic carbocycles. The Hall–Kier alpha value is -1.84. The molecule has 0 amide bonds. The molecule has 0 saturated carbocycles. The first-order valence-electron chi connectivity index (χ1n) is 7.57. The molecule has 0 unspecified atom stereocenters. The molecule has 0 saturated heterocycles. The number of nitrogens with one attached hydrogen (secondary N) is 1. The van der Waals surface area contributed by atoms with E-state index in [1.807, 2.05) is 0 Å². The smallest absolute Gasteiger partial charge is 0.0491 e. The minimum Gasteiger partial charge on any atom is -0.385 e. The maximum atomic E-state index is 5.06. The standard InChI is InChI=1S/C18H22N2O/c1-21-14-6-11-19-12-13-20-17-9-4-2-7-15(17)16-8-3-5-10-18(16)20/h2-5,7-10,19H,6,11-14H2,1H3. The van der Waals surface area contributed by atoms with Gasteiger partial charge >= 0.3 is 0 Å². The molecular formula is C18H22N2O. The number of methoxy groups -OCH3 is 1. The summed E-state index contributed by atoms with van der Waals surface area (Å²) in [5, 5.41) is 6.17. The Balaban J connectivity index is 1.80. The number of hydrogen-bond acceptors (Lipinski definition) is 2. The van der Waals surface area contributed by atoms with Crippen LogP contribution >= 0.6 is 0 Å². The highest BCUT2D eigenvalue weighted by Crippen LogP contribution is 2.28. The maximum Gasteiger partial charge on any atom is 0.0491 e. The predicted octanol–water partition coefficient (Wildman–Crippen LogP) is 3.42. The predicted molar refractivity (Wildman–Crippen MR) is 88.8 cm³/mol. The van der Waals surface area contributed by atoms with E-state index in [9.17, 15) is 0 Å². The maximum absolute atomic E-state index is 5.06. The molecule has 3 aromatic rings. The molecule has 21 heavy (non-hydrogen) atoms. The Kier molecular flexibility index (Phi) is 4.53. The van der Waals surface area contributed by atoms with Crippen molar-refractivity contribution in [1.29, 1.82) is 0 Å². The molecule has 0 spiro atoms. The van der Waals surface area contributed by atoms with Gasteiger partial charge in [-0.05, 0) is 25.1 Å². The van der Waals surface area contributed by atoms with Gasteiger partial charge in [-0.2, -0.15) is 0 Å². The highest BCUT2D eigenvalue weighted by molar-refractivity contribution is 6.07. The number of fused-ring (bicyclic) bond motifs is 3. The van der Waals surface area contributed by atoms with E-state index in [-0.39, 0.29) is 0 Å². The van der Waals surface area contributed by atoms with Gasteiger partial charge in [0.2, 0.25) is 0 Å². The molecule has 0 aliphatic rings. The molecule has 0 aliphatic heterocycles. The number of hydrogen-bond donors (Lipinski definition) is 1. The lowest BCUT2D eigenvalue weighted by Gasteiger charge is -2.08. The Morgan fingerprint density at radius 2 is 1.52 bits per heavy atom. The zero-order chi connectivity index (χ0) is 14.5. The Morgan fingerprint density at radius 1 is 0.905 bits per heavy atom. The normalized spacial score (nSPS) is 11.5. The summed E-state index contributed by atoms with van der Waals surface area (Å²) in [5.74, 6) is 0. The fourth-order valence-electron chi connectivity index (χ4n) is 2.90. The summed E-state index contributed by atoms with van der Waals surface area (Å²) in [6.45, 7) is 3.79. The Bertz CT molecular complexity index is 664. The lowest BCUT2D eigenvalue weighted by atomic mass is 10.2. The summed E-state index contributed by atoms with van der Waals surface area (Å²) in [6.07, 6.45) is 1.06. The van der Waals surface area contributed by atoms with Gasteiger partial charge in [-0.25, -0.2) is 0 Å². The van der Waals surface area contributed by atoms with Crippen LogP contribution in [-0.2, 0) is 11.3 Å². The number of nitrogens with zero attached hydrogens (tertiary/aromatic N) is 1. The van der Waals surface area contributed by atoms with Crippen molar-refractivity contribution in [3.05, 3.63) is 48.5 Å². The van der Waals surface area contributed by atoms with Crippen LogP contribution in [0.5, 0.6) is 0 Å². The molecule has 3 nitrogen and oxygen atoms in total. The molecule has 1 aromatic heterocycles. The van der Waals surface area contributed by atoms with Crippen LogP contribution in [-0.4, -0.2) is 31.4 Å². The first kappa shape index (κ1) is 14.1. The highest BCUT2D eigenvalue weighted by atomic mass is 16.5. The van der Waals surface area contributed by atoms with Crippen LogP contribution in [0, 0.1) is 0 Å². The van der Waals surface area contributed by atoms with Crippen molar-refractivity contribution in [3.63, 3.8) is 0 Å². The molecule has 110 valence electrons. The van der Waals surface area contributed by atoms with Crippen molar-refractivity contribution in [1.82, 2.24) is 9.88 Å². The third-order valence-corrected chi connectivity index (χ3v) is 3.89. The SMILES string of the molecule is COCCCNCCn1c2ccccc2c2ccccc21. The molecule has 1 heterocycles. The molecular weight excluding hydrogens is 260 g/mol. The van der Waals surface area contributed by atoms with Crippen LogP contribution in [0.15, 0.2) is 48.5 Å². The quantitative estimate of drug-likeness (QED) is 0.672. The zero-order valence-corrected chi connectivity index (χ0v) is 12.5. The largest absolute Gasteiger partial charge is 0.385 e. The van der Waals surface area contributed by atoms with Gasteiger partial charge < -0.3 is 14.6 Å². The summed E-state index contributed by atoms with van der Waals surface area (Å²) >= 11 is 0. The number of para-hydroxylation sites is 2. The molecule has 1 N–H and O–H groups in total. The van der Waals surface area contributed by atoms with Gasteiger partial charge in [-0.3, -0.25) is 0 Å². The number of aromatic nitrogens is 1. The van der Waals surface area contributed by atoms with Crippen molar-refractivity contribution in [2.24, 2.45) is 0 Å². The Morgan fingerprint density at radius 3 is 2.14 bits per heavy atom. The van der Waals surface area contributed by atoms with E-state index in [2.05, 4.69) is 58.4 Å². The monoisotopic (exact) mass is 282 g/mol. The molecule has 0 radical (unpaired) electrons. The van der Waals surface area contributed by atoms with E-state index in [0.29, 0.717) is 0 Å². The van der Waals surface area contributed by atoms with Crippen LogP contribution in [0.4, 0.5) is 0 Å². The fourth-order valence-corrected chi connectivity index (χ4v) is 2.90. The van der Waals surface area contributed by atoms with Crippen LogP contribution in [0.3, 0.4) is 0 Å². The Labute approximate surface area is 125 Å². The second-order valence-electron chi connectivity index (χ2n) is 5.28. The van der Waals surface area contributed by atoms with Gasteiger partial charge in [0.25, 0.3) is 0 Å². The van der Waals surface area contributed by atoms with Crippen molar-refractivity contribution in [2.45, 2.75) is 13.0 Å². The molecule has 3 heteroatoms. The van der Waals surface area contributed by atoms with Crippen molar-refractivity contribution < 1.29 is 4.74 Å². The first-order chi connectivity index (χ1) is 10.4. The van der Waals surface area contributed by atoms with Crippen LogP contribution in [0.25, 0.3) is 21.8 Å². The second kappa shape index (κ2) is 6.74. The average Bonchev–Trinajstić information content (AvgIpc) is 2.85. The molecule has 2 aromatic carbocycles. The summed E-state index contributed by atoms with van der Waals surface area (Å²) in [5.41, 5.74) is 2.63. The van der Waals surface area contributed by atoms with E-state index >= 15 is 0 Å². The number of benzene rings is 2. The lowest BCUT2D eigenvalue weighted by Crippen LogP contribution is -2.21. The topological polar surface area (TPSA) is 26.2 Å². The van der Waals surface area contributed by atoms with Crippen molar-refractivity contribution in [3.8, 4) is 0 Å². The molecule has 0 fully saturated rings. The average molecular weight is 282 g/mol. The fraction of sp³-hybridized carbons (Fsp3) is 0.333. The molecule has 0 bridgehead atoms. The zero-order valence-electron chi connectivity index (χ0n) is 12.5. The van der Waals surface area contributed by atoms with Gasteiger partial charge in [0, 0.05) is 48.6 Å². The summed E-state index contributed by atoms with van der Waals surface area (Å²) in [6, 6.07) is 17.3. The van der Waals surface area contributed by atoms with Gasteiger partial charge in [0.05, 0.1) is 0 Å². The highest BCUT2D eigenvalue weighted by Gasteiger charge is 2.08. The van der Waals surface area contributed by atoms with Crippen LogP contribution in [0.1, 0.15) is 6.42 Å². The molecule has 0 atom stereocenters. The second-order valence-corrected chi connectivity index (χ2v) is 5.28. The van der Waals surface area contributed by atoms with Crippen LogP contribution < -0.4 is 5.32 Å². The van der Waals surface area contributed by atoms with Gasteiger partial charge in [0.15, 0.2) is 0 Å². The van der Waals surface area contributed by atoms with E-state index in [1.165, 1.54) is 21.8 Å². The molecule has 3 rings (SSSR count). The van der Waals surface area contributed by atoms with Crippen molar-refractivity contribution in [2.75, 3.05) is 26.8 Å². The first-order valence-corrected chi connectivity index (χ1v) is 7.57. The number of ether oxygens (including phenoxy) is 1. The minimum absolute atomic E-state index is 0.822. The van der Waals surface area contributed by atoms with Gasteiger partial charge in [0.1, 0.15) is 0 Å². The summed E-state index contributed by atoms with van der Waals surface area (Å²) in [7, 11) is 1.75. The number of rotatable bonds is 7.